The molecule has 3 aromatic rings. The number of para-hydroxylation sites is 1. The smallest absolute Gasteiger partial charge is 0.229 e. The second-order valence-corrected chi connectivity index (χ2v) is 7.58. The van der Waals surface area contributed by atoms with Crippen molar-refractivity contribution >= 4 is 51.6 Å². The zero-order valence-corrected chi connectivity index (χ0v) is 16.4. The minimum absolute atomic E-state index is 0.0377. The average Bonchev–Trinajstić information content (AvgIpc) is 3.04. The summed E-state index contributed by atoms with van der Waals surface area (Å²) >= 11 is 12.1. The van der Waals surface area contributed by atoms with Crippen LogP contribution in [-0.4, -0.2) is 29.4 Å². The number of nitrogens with zero attached hydrogens (tertiary/aromatic N) is 2. The number of benzene rings is 2. The number of hydrogen-bond acceptors (Lipinski definition) is 3. The summed E-state index contributed by atoms with van der Waals surface area (Å²) in [5.41, 5.74) is 2.19. The third-order valence-corrected chi connectivity index (χ3v) is 5.35. The fraction of sp³-hybridized carbons (Fsp3) is 0.190. The van der Waals surface area contributed by atoms with E-state index in [4.69, 9.17) is 23.2 Å². The van der Waals surface area contributed by atoms with E-state index in [1.807, 2.05) is 30.3 Å². The summed E-state index contributed by atoms with van der Waals surface area (Å²) in [5, 5.41) is 4.91. The fourth-order valence-electron chi connectivity index (χ4n) is 3.47. The zero-order valence-electron chi connectivity index (χ0n) is 14.9. The molecule has 7 heteroatoms. The van der Waals surface area contributed by atoms with E-state index in [0.29, 0.717) is 22.2 Å². The predicted octanol–water partition coefficient (Wildman–Crippen LogP) is 4.01. The van der Waals surface area contributed by atoms with E-state index in [2.05, 4.69) is 10.3 Å². The highest BCUT2D eigenvalue weighted by atomic mass is 35.5. The van der Waals surface area contributed by atoms with Crippen LogP contribution in [0.4, 0.5) is 5.69 Å². The Hall–Kier alpha value is -2.63. The van der Waals surface area contributed by atoms with Crippen molar-refractivity contribution in [1.29, 1.82) is 0 Å². The Bertz CT molecular complexity index is 1070. The molecule has 1 unspecified atom stereocenters. The Kier molecular flexibility index (Phi) is 5.20. The Morgan fingerprint density at radius 3 is 2.86 bits per heavy atom. The van der Waals surface area contributed by atoms with E-state index in [1.165, 1.54) is 0 Å². The Morgan fingerprint density at radius 1 is 1.18 bits per heavy atom. The molecule has 2 aromatic carbocycles. The summed E-state index contributed by atoms with van der Waals surface area (Å²) in [6.07, 6.45) is 2.07. The first-order chi connectivity index (χ1) is 13.5. The maximum absolute atomic E-state index is 12.6. The number of anilines is 1. The Labute approximate surface area is 172 Å². The number of carbonyl (C=O) groups is 2. The summed E-state index contributed by atoms with van der Waals surface area (Å²) in [5.74, 6) is -0.232. The van der Waals surface area contributed by atoms with Crippen molar-refractivity contribution in [2.75, 3.05) is 11.4 Å². The molecule has 0 radical (unpaired) electrons. The summed E-state index contributed by atoms with van der Waals surface area (Å²) < 4.78 is 0. The molecule has 1 aromatic heterocycles. The van der Waals surface area contributed by atoms with Crippen LogP contribution in [0.1, 0.15) is 12.0 Å². The fourth-order valence-corrected chi connectivity index (χ4v) is 3.85. The predicted molar refractivity (Wildman–Crippen MR) is 111 cm³/mol. The van der Waals surface area contributed by atoms with Gasteiger partial charge in [0.1, 0.15) is 0 Å². The van der Waals surface area contributed by atoms with Crippen LogP contribution in [0, 0.1) is 0 Å². The van der Waals surface area contributed by atoms with Crippen LogP contribution in [0.15, 0.2) is 54.7 Å². The van der Waals surface area contributed by atoms with Crippen molar-refractivity contribution < 1.29 is 9.59 Å². The second-order valence-electron chi connectivity index (χ2n) is 6.74. The van der Waals surface area contributed by atoms with Crippen LogP contribution >= 0.6 is 23.2 Å². The van der Waals surface area contributed by atoms with Crippen molar-refractivity contribution in [1.82, 2.24) is 10.3 Å². The number of hydrogen-bond donors (Lipinski definition) is 1. The van der Waals surface area contributed by atoms with Gasteiger partial charge in [-0.25, -0.2) is 0 Å². The van der Waals surface area contributed by atoms with Gasteiger partial charge in [0.25, 0.3) is 0 Å². The van der Waals surface area contributed by atoms with Gasteiger partial charge in [-0.1, -0.05) is 41.4 Å². The van der Waals surface area contributed by atoms with Gasteiger partial charge in [-0.05, 0) is 35.9 Å². The quantitative estimate of drug-likeness (QED) is 0.702. The molecule has 0 spiro atoms. The van der Waals surface area contributed by atoms with Crippen LogP contribution in [0.3, 0.4) is 0 Å². The Balaban J connectivity index is 1.47. The highest BCUT2D eigenvalue weighted by Crippen LogP contribution is 2.28. The van der Waals surface area contributed by atoms with Gasteiger partial charge in [0.15, 0.2) is 0 Å². The summed E-state index contributed by atoms with van der Waals surface area (Å²) in [6, 6.07) is 14.3. The molecule has 142 valence electrons. The van der Waals surface area contributed by atoms with Gasteiger partial charge < -0.3 is 10.2 Å². The van der Waals surface area contributed by atoms with Crippen molar-refractivity contribution in [3.63, 3.8) is 0 Å². The Morgan fingerprint density at radius 2 is 2.00 bits per heavy atom. The van der Waals surface area contributed by atoms with E-state index < -0.39 is 0 Å². The highest BCUT2D eigenvalue weighted by Gasteiger charge is 2.32. The molecule has 1 atom stereocenters. The average molecular weight is 414 g/mol. The van der Waals surface area contributed by atoms with Crippen LogP contribution < -0.4 is 10.2 Å². The zero-order chi connectivity index (χ0) is 19.7. The molecule has 1 fully saturated rings. The minimum Gasteiger partial charge on any atom is -0.351 e. The lowest BCUT2D eigenvalue weighted by Crippen LogP contribution is -2.38. The first-order valence-corrected chi connectivity index (χ1v) is 9.64. The number of aromatic nitrogens is 1. The number of amides is 2. The third-order valence-electron chi connectivity index (χ3n) is 4.75. The molecule has 1 N–H and O–H groups in total. The lowest BCUT2D eigenvalue weighted by molar-refractivity contribution is -0.121. The SMILES string of the molecule is O=C(Cc1cc(Cl)ccc1Cl)NC1CC(=O)N(c2cccc3cccnc23)C1. The number of pyridine rings is 1. The van der Waals surface area contributed by atoms with Crippen LogP contribution in [0.2, 0.25) is 10.0 Å². The van der Waals surface area contributed by atoms with Gasteiger partial charge in [0.2, 0.25) is 11.8 Å². The number of fused-ring (bicyclic) bond motifs is 1. The van der Waals surface area contributed by atoms with Crippen molar-refractivity contribution in [3.05, 3.63) is 70.3 Å². The number of rotatable bonds is 4. The van der Waals surface area contributed by atoms with E-state index >= 15 is 0 Å². The number of nitrogens with one attached hydrogen (secondary N) is 1. The molecular formula is C21H17Cl2N3O2. The lowest BCUT2D eigenvalue weighted by atomic mass is 10.1. The monoisotopic (exact) mass is 413 g/mol. The van der Waals surface area contributed by atoms with E-state index in [9.17, 15) is 9.59 Å². The lowest BCUT2D eigenvalue weighted by Gasteiger charge is -2.18. The molecule has 4 rings (SSSR count). The molecule has 1 aliphatic rings. The van der Waals surface area contributed by atoms with E-state index in [1.54, 1.807) is 29.3 Å². The number of halogens is 2. The second kappa shape index (κ2) is 7.78. The molecule has 0 saturated carbocycles. The maximum Gasteiger partial charge on any atom is 0.229 e. The van der Waals surface area contributed by atoms with Crippen LogP contribution in [-0.2, 0) is 16.0 Å². The molecular weight excluding hydrogens is 397 g/mol. The van der Waals surface area contributed by atoms with Gasteiger partial charge in [0, 0.05) is 34.6 Å². The van der Waals surface area contributed by atoms with Crippen molar-refractivity contribution in [2.45, 2.75) is 18.9 Å². The standard InChI is InChI=1S/C21H17Cl2N3O2/c22-15-6-7-17(23)14(9-15)10-19(27)25-16-11-20(28)26(12-16)18-5-1-3-13-4-2-8-24-21(13)18/h1-9,16H,10-12H2,(H,25,27). The first kappa shape index (κ1) is 18.7. The molecule has 2 amide bonds. The minimum atomic E-state index is -0.267. The van der Waals surface area contributed by atoms with E-state index in [-0.39, 0.29) is 30.7 Å². The molecule has 28 heavy (non-hydrogen) atoms. The van der Waals surface area contributed by atoms with Gasteiger partial charge in [-0.15, -0.1) is 0 Å². The van der Waals surface area contributed by atoms with Crippen LogP contribution in [0.25, 0.3) is 10.9 Å². The van der Waals surface area contributed by atoms with Gasteiger partial charge in [-0.2, -0.15) is 0 Å². The van der Waals surface area contributed by atoms with Crippen LogP contribution in [0.5, 0.6) is 0 Å². The molecule has 1 saturated heterocycles. The maximum atomic E-state index is 12.6. The van der Waals surface area contributed by atoms with Gasteiger partial charge in [0.05, 0.1) is 23.7 Å². The molecule has 1 aliphatic heterocycles. The topological polar surface area (TPSA) is 62.3 Å². The largest absolute Gasteiger partial charge is 0.351 e. The van der Waals surface area contributed by atoms with E-state index in [0.717, 1.165) is 16.6 Å². The normalized spacial score (nSPS) is 16.6. The third kappa shape index (κ3) is 3.81. The van der Waals surface area contributed by atoms with Gasteiger partial charge in [-0.3, -0.25) is 14.6 Å². The first-order valence-electron chi connectivity index (χ1n) is 8.88. The summed E-state index contributed by atoms with van der Waals surface area (Å²) in [4.78, 5) is 31.1. The highest BCUT2D eigenvalue weighted by molar-refractivity contribution is 6.33. The van der Waals surface area contributed by atoms with Crippen molar-refractivity contribution in [2.24, 2.45) is 0 Å². The molecule has 0 aliphatic carbocycles. The molecule has 0 bridgehead atoms. The molecule has 2 heterocycles. The number of carbonyl (C=O) groups excluding carboxylic acids is 2. The van der Waals surface area contributed by atoms with Gasteiger partial charge >= 0.3 is 0 Å². The van der Waals surface area contributed by atoms with Crippen molar-refractivity contribution in [3.8, 4) is 0 Å². The summed E-state index contributed by atoms with van der Waals surface area (Å²) in [6.45, 7) is 0.406. The molecule has 5 nitrogen and oxygen atoms in total. The summed E-state index contributed by atoms with van der Waals surface area (Å²) in [7, 11) is 0.